The molecule has 0 bridgehead atoms. The average molecular weight is 280 g/mol. The first kappa shape index (κ1) is 13.5. The molecule has 0 saturated carbocycles. The molecule has 0 fully saturated rings. The van der Waals surface area contributed by atoms with Gasteiger partial charge in [0.25, 0.3) is 0 Å². The number of halogens is 1. The zero-order valence-corrected chi connectivity index (χ0v) is 10.9. The zero-order valence-electron chi connectivity index (χ0n) is 10.1. The van der Waals surface area contributed by atoms with E-state index in [0.717, 1.165) is 11.1 Å². The van der Waals surface area contributed by atoms with Crippen LogP contribution in [0, 0.1) is 0 Å². The first-order valence-corrected chi connectivity index (χ1v) is 6.06. The molecule has 0 aliphatic carbocycles. The Morgan fingerprint density at radius 3 is 2.84 bits per heavy atom. The minimum atomic E-state index is 0.0415. The largest absolute Gasteiger partial charge is 0.472 e. The summed E-state index contributed by atoms with van der Waals surface area (Å²) in [5, 5.41) is 15.4. The minimum Gasteiger partial charge on any atom is -0.472 e. The zero-order chi connectivity index (χ0) is 13.7. The Kier molecular flexibility index (Phi) is 4.43. The number of nitrogens with two attached hydrogens (primary N) is 1. The van der Waals surface area contributed by atoms with Crippen LogP contribution in [0.2, 0.25) is 5.02 Å². The van der Waals surface area contributed by atoms with Gasteiger partial charge in [-0.05, 0) is 17.7 Å². The van der Waals surface area contributed by atoms with Crippen molar-refractivity contribution in [2.24, 2.45) is 10.9 Å². The molecule has 5 nitrogen and oxygen atoms in total. The van der Waals surface area contributed by atoms with Crippen LogP contribution in [0.3, 0.4) is 0 Å². The summed E-state index contributed by atoms with van der Waals surface area (Å²) < 4.78 is 4.98. The van der Waals surface area contributed by atoms with Gasteiger partial charge in [0.05, 0.1) is 12.5 Å². The molecule has 1 aromatic carbocycles. The molecule has 4 N–H and O–H groups in total. The molecular weight excluding hydrogens is 266 g/mol. The summed E-state index contributed by atoms with van der Waals surface area (Å²) in [6.45, 7) is 1.33. The summed E-state index contributed by atoms with van der Waals surface area (Å²) in [6.07, 6.45) is 3.33. The topological polar surface area (TPSA) is 83.8 Å². The van der Waals surface area contributed by atoms with Crippen LogP contribution >= 0.6 is 11.6 Å². The number of nitrogens with one attached hydrogen (secondary N) is 1. The predicted octanol–water partition coefficient (Wildman–Crippen LogP) is 2.32. The number of amidine groups is 1. The van der Waals surface area contributed by atoms with Crippen LogP contribution in [-0.2, 0) is 13.1 Å². The lowest BCUT2D eigenvalue weighted by atomic mass is 10.1. The van der Waals surface area contributed by atoms with E-state index in [1.54, 1.807) is 24.7 Å². The predicted molar refractivity (Wildman–Crippen MR) is 73.2 cm³/mol. The van der Waals surface area contributed by atoms with E-state index in [9.17, 15) is 0 Å². The van der Waals surface area contributed by atoms with E-state index in [-0.39, 0.29) is 5.84 Å². The van der Waals surface area contributed by atoms with Crippen LogP contribution < -0.4 is 11.1 Å². The normalized spacial score (nSPS) is 11.7. The molecular formula is C13H14ClN3O2. The number of nitrogens with zero attached hydrogens (tertiary/aromatic N) is 1. The third kappa shape index (κ3) is 3.49. The Morgan fingerprint density at radius 2 is 2.21 bits per heavy atom. The average Bonchev–Trinajstić information content (AvgIpc) is 2.93. The van der Waals surface area contributed by atoms with E-state index >= 15 is 0 Å². The molecule has 6 heteroatoms. The van der Waals surface area contributed by atoms with E-state index in [4.69, 9.17) is 27.0 Å². The van der Waals surface area contributed by atoms with Gasteiger partial charge in [-0.25, -0.2) is 0 Å². The molecule has 0 radical (unpaired) electrons. The van der Waals surface area contributed by atoms with Crippen LogP contribution in [0.5, 0.6) is 0 Å². The molecule has 0 atom stereocenters. The fourth-order valence-electron chi connectivity index (χ4n) is 1.64. The third-order valence-corrected chi connectivity index (χ3v) is 3.03. The van der Waals surface area contributed by atoms with Crippen LogP contribution in [-0.4, -0.2) is 11.0 Å². The van der Waals surface area contributed by atoms with E-state index in [1.807, 2.05) is 12.1 Å². The van der Waals surface area contributed by atoms with E-state index < -0.39 is 0 Å². The van der Waals surface area contributed by atoms with Gasteiger partial charge in [0.2, 0.25) is 0 Å². The molecule has 1 aromatic heterocycles. The molecule has 100 valence electrons. The number of benzene rings is 1. The highest BCUT2D eigenvalue weighted by Crippen LogP contribution is 2.18. The Balaban J connectivity index is 1.97. The van der Waals surface area contributed by atoms with Crippen LogP contribution in [0.25, 0.3) is 0 Å². The molecule has 19 heavy (non-hydrogen) atoms. The maximum absolute atomic E-state index is 8.59. The Hall–Kier alpha value is -1.98. The smallest absolute Gasteiger partial charge is 0.170 e. The molecule has 2 rings (SSSR count). The first-order valence-electron chi connectivity index (χ1n) is 5.69. The Bertz CT molecular complexity index is 567. The SMILES string of the molecule is N/C(=N/O)c1ccc(CNCc2ccoc2)c(Cl)c1. The molecule has 0 spiro atoms. The maximum Gasteiger partial charge on any atom is 0.170 e. The van der Waals surface area contributed by atoms with Crippen molar-refractivity contribution in [3.8, 4) is 0 Å². The molecule has 0 amide bonds. The van der Waals surface area contributed by atoms with Crippen molar-refractivity contribution in [3.63, 3.8) is 0 Å². The van der Waals surface area contributed by atoms with E-state index in [2.05, 4.69) is 10.5 Å². The lowest BCUT2D eigenvalue weighted by Gasteiger charge is -2.07. The van der Waals surface area contributed by atoms with Crippen molar-refractivity contribution in [1.82, 2.24) is 5.32 Å². The number of furan rings is 1. The second-order valence-corrected chi connectivity index (χ2v) is 4.43. The van der Waals surface area contributed by atoms with Gasteiger partial charge in [0.1, 0.15) is 0 Å². The lowest BCUT2D eigenvalue weighted by molar-refractivity contribution is 0.318. The van der Waals surface area contributed by atoms with Crippen molar-refractivity contribution < 1.29 is 9.62 Å². The van der Waals surface area contributed by atoms with Gasteiger partial charge in [-0.15, -0.1) is 0 Å². The molecule has 0 aliphatic heterocycles. The summed E-state index contributed by atoms with van der Waals surface area (Å²) in [7, 11) is 0. The van der Waals surface area contributed by atoms with Gasteiger partial charge in [-0.3, -0.25) is 0 Å². The number of hydrogen-bond donors (Lipinski definition) is 3. The maximum atomic E-state index is 8.59. The van der Waals surface area contributed by atoms with Gasteiger partial charge in [0, 0.05) is 29.2 Å². The lowest BCUT2D eigenvalue weighted by Crippen LogP contribution is -2.15. The first-order chi connectivity index (χ1) is 9.20. The van der Waals surface area contributed by atoms with Crippen molar-refractivity contribution in [3.05, 3.63) is 58.5 Å². The van der Waals surface area contributed by atoms with Gasteiger partial charge >= 0.3 is 0 Å². The van der Waals surface area contributed by atoms with Crippen molar-refractivity contribution in [2.45, 2.75) is 13.1 Å². The van der Waals surface area contributed by atoms with Crippen molar-refractivity contribution in [2.75, 3.05) is 0 Å². The fourth-order valence-corrected chi connectivity index (χ4v) is 1.89. The van der Waals surface area contributed by atoms with E-state index in [1.165, 1.54) is 0 Å². The molecule has 2 aromatic rings. The third-order valence-electron chi connectivity index (χ3n) is 2.68. The second-order valence-electron chi connectivity index (χ2n) is 4.03. The monoisotopic (exact) mass is 279 g/mol. The quantitative estimate of drug-likeness (QED) is 0.339. The molecule has 0 unspecified atom stereocenters. The van der Waals surface area contributed by atoms with Crippen LogP contribution in [0.4, 0.5) is 0 Å². The second kappa shape index (κ2) is 6.26. The van der Waals surface area contributed by atoms with Gasteiger partial charge in [-0.1, -0.05) is 28.9 Å². The summed E-state index contributed by atoms with van der Waals surface area (Å²) in [4.78, 5) is 0. The standard InChI is InChI=1S/C13H14ClN3O2/c14-12-5-10(13(15)17-18)1-2-11(12)7-16-6-9-3-4-19-8-9/h1-5,8,16,18H,6-7H2,(H2,15,17). The molecule has 1 heterocycles. The van der Waals surface area contributed by atoms with Gasteiger partial charge < -0.3 is 20.7 Å². The van der Waals surface area contributed by atoms with Gasteiger partial charge in [0.15, 0.2) is 5.84 Å². The Labute approximate surface area is 115 Å². The summed E-state index contributed by atoms with van der Waals surface area (Å²) in [5.74, 6) is 0.0415. The fraction of sp³-hybridized carbons (Fsp3) is 0.154. The highest BCUT2D eigenvalue weighted by Gasteiger charge is 2.05. The minimum absolute atomic E-state index is 0.0415. The summed E-state index contributed by atoms with van der Waals surface area (Å²) >= 11 is 6.14. The van der Waals surface area contributed by atoms with Crippen LogP contribution in [0.15, 0.2) is 46.4 Å². The van der Waals surface area contributed by atoms with Gasteiger partial charge in [-0.2, -0.15) is 0 Å². The number of oxime groups is 1. The Morgan fingerprint density at radius 1 is 1.37 bits per heavy atom. The highest BCUT2D eigenvalue weighted by atomic mass is 35.5. The number of hydrogen-bond acceptors (Lipinski definition) is 4. The van der Waals surface area contributed by atoms with Crippen LogP contribution in [0.1, 0.15) is 16.7 Å². The highest BCUT2D eigenvalue weighted by molar-refractivity contribution is 6.31. The summed E-state index contributed by atoms with van der Waals surface area (Å²) in [6, 6.07) is 7.18. The van der Waals surface area contributed by atoms with E-state index in [0.29, 0.717) is 23.7 Å². The molecule has 0 aliphatic rings. The number of rotatable bonds is 5. The molecule has 0 saturated heterocycles. The van der Waals surface area contributed by atoms with Crippen molar-refractivity contribution >= 4 is 17.4 Å². The van der Waals surface area contributed by atoms with Crippen molar-refractivity contribution in [1.29, 1.82) is 0 Å². The summed E-state index contributed by atoms with van der Waals surface area (Å²) in [5.41, 5.74) is 8.10.